The van der Waals surface area contributed by atoms with Crippen LogP contribution in [0.1, 0.15) is 22.7 Å². The van der Waals surface area contributed by atoms with Gasteiger partial charge in [-0.05, 0) is 30.0 Å². The molecular formula is C19H21N3O5S. The molecule has 0 saturated heterocycles. The maximum atomic E-state index is 12.4. The van der Waals surface area contributed by atoms with Crippen molar-refractivity contribution < 1.29 is 23.5 Å². The Kier molecular flexibility index (Phi) is 6.49. The third kappa shape index (κ3) is 4.42. The van der Waals surface area contributed by atoms with E-state index in [1.807, 2.05) is 17.5 Å². The predicted octanol–water partition coefficient (Wildman–Crippen LogP) is 3.19. The summed E-state index contributed by atoms with van der Waals surface area (Å²) in [5.74, 6) is 2.21. The second kappa shape index (κ2) is 9.23. The summed E-state index contributed by atoms with van der Waals surface area (Å²) in [6.45, 7) is 0.464. The molecule has 0 atom stereocenters. The molecule has 2 aromatic heterocycles. The van der Waals surface area contributed by atoms with E-state index >= 15 is 0 Å². The molecule has 1 N–H and O–H groups in total. The normalized spacial score (nSPS) is 10.5. The van der Waals surface area contributed by atoms with E-state index in [0.29, 0.717) is 53.9 Å². The Balaban J connectivity index is 1.54. The molecule has 0 aliphatic rings. The van der Waals surface area contributed by atoms with Crippen LogP contribution in [0.4, 0.5) is 0 Å². The summed E-state index contributed by atoms with van der Waals surface area (Å²) >= 11 is 1.56. The fourth-order valence-electron chi connectivity index (χ4n) is 2.62. The Hall–Kier alpha value is -3.07. The van der Waals surface area contributed by atoms with Gasteiger partial charge in [0.1, 0.15) is 0 Å². The van der Waals surface area contributed by atoms with Crippen molar-refractivity contribution in [2.24, 2.45) is 0 Å². The molecule has 3 rings (SSSR count). The Morgan fingerprint density at radius 1 is 1.18 bits per heavy atom. The molecule has 8 nitrogen and oxygen atoms in total. The minimum atomic E-state index is -0.232. The molecule has 9 heteroatoms. The van der Waals surface area contributed by atoms with Gasteiger partial charge in [-0.1, -0.05) is 11.2 Å². The lowest BCUT2D eigenvalue weighted by Crippen LogP contribution is -2.25. The summed E-state index contributed by atoms with van der Waals surface area (Å²) in [5, 5.41) is 8.80. The van der Waals surface area contributed by atoms with Crippen molar-refractivity contribution in [1.29, 1.82) is 0 Å². The number of ether oxygens (including phenoxy) is 3. The molecule has 0 fully saturated rings. The smallest absolute Gasteiger partial charge is 0.251 e. The highest BCUT2D eigenvalue weighted by Crippen LogP contribution is 2.38. The zero-order chi connectivity index (χ0) is 19.9. The summed E-state index contributed by atoms with van der Waals surface area (Å²) < 4.78 is 21.1. The number of carbonyl (C=O) groups excluding carboxylic acids is 1. The molecule has 2 heterocycles. The van der Waals surface area contributed by atoms with Gasteiger partial charge in [-0.15, -0.1) is 11.3 Å². The first-order valence-corrected chi connectivity index (χ1v) is 9.49. The number of rotatable bonds is 9. The summed E-state index contributed by atoms with van der Waals surface area (Å²) in [7, 11) is 4.53. The van der Waals surface area contributed by atoms with E-state index in [4.69, 9.17) is 18.7 Å². The molecule has 0 bridgehead atoms. The first kappa shape index (κ1) is 19.7. The molecule has 148 valence electrons. The van der Waals surface area contributed by atoms with Gasteiger partial charge in [-0.3, -0.25) is 4.79 Å². The van der Waals surface area contributed by atoms with Gasteiger partial charge in [0.15, 0.2) is 11.5 Å². The zero-order valence-corrected chi connectivity index (χ0v) is 16.7. The minimum absolute atomic E-state index is 0.232. The minimum Gasteiger partial charge on any atom is -0.493 e. The highest BCUT2D eigenvalue weighted by Gasteiger charge is 2.17. The highest BCUT2D eigenvalue weighted by atomic mass is 32.1. The number of aryl methyl sites for hydroxylation is 1. The van der Waals surface area contributed by atoms with E-state index in [-0.39, 0.29) is 5.91 Å². The molecule has 0 aliphatic carbocycles. The van der Waals surface area contributed by atoms with Crippen LogP contribution < -0.4 is 19.5 Å². The molecule has 3 aromatic rings. The first-order chi connectivity index (χ1) is 13.7. The maximum Gasteiger partial charge on any atom is 0.251 e. The Bertz CT molecular complexity index is 899. The molecule has 0 spiro atoms. The van der Waals surface area contributed by atoms with E-state index in [2.05, 4.69) is 15.5 Å². The van der Waals surface area contributed by atoms with Gasteiger partial charge in [0.25, 0.3) is 5.91 Å². The van der Waals surface area contributed by atoms with Crippen LogP contribution in [0.25, 0.3) is 10.7 Å². The van der Waals surface area contributed by atoms with Crippen LogP contribution in [-0.4, -0.2) is 43.9 Å². The fraction of sp³-hybridized carbons (Fsp3) is 0.316. The van der Waals surface area contributed by atoms with E-state index in [1.54, 1.807) is 23.5 Å². The quantitative estimate of drug-likeness (QED) is 0.548. The van der Waals surface area contributed by atoms with Crippen LogP contribution in [-0.2, 0) is 6.42 Å². The number of carbonyl (C=O) groups is 1. The van der Waals surface area contributed by atoms with Crippen LogP contribution in [0.3, 0.4) is 0 Å². The number of nitrogens with zero attached hydrogens (tertiary/aromatic N) is 2. The molecular weight excluding hydrogens is 382 g/mol. The third-order valence-electron chi connectivity index (χ3n) is 3.99. The van der Waals surface area contributed by atoms with Gasteiger partial charge in [-0.2, -0.15) is 4.98 Å². The third-order valence-corrected chi connectivity index (χ3v) is 4.86. The fourth-order valence-corrected chi connectivity index (χ4v) is 3.27. The van der Waals surface area contributed by atoms with Gasteiger partial charge in [0.05, 0.1) is 26.2 Å². The predicted molar refractivity (Wildman–Crippen MR) is 104 cm³/mol. The Morgan fingerprint density at radius 2 is 1.93 bits per heavy atom. The average Bonchev–Trinajstić information content (AvgIpc) is 3.41. The number of thiophene rings is 1. The van der Waals surface area contributed by atoms with Gasteiger partial charge >= 0.3 is 0 Å². The van der Waals surface area contributed by atoms with Gasteiger partial charge in [0.2, 0.25) is 17.5 Å². The van der Waals surface area contributed by atoms with Crippen molar-refractivity contribution >= 4 is 17.2 Å². The molecule has 28 heavy (non-hydrogen) atoms. The average molecular weight is 403 g/mol. The number of amides is 1. The van der Waals surface area contributed by atoms with Crippen molar-refractivity contribution in [3.05, 3.63) is 41.1 Å². The number of benzene rings is 1. The number of hydrogen-bond acceptors (Lipinski definition) is 8. The zero-order valence-electron chi connectivity index (χ0n) is 15.9. The summed E-state index contributed by atoms with van der Waals surface area (Å²) in [5.41, 5.74) is 0.423. The van der Waals surface area contributed by atoms with Crippen LogP contribution in [0, 0.1) is 0 Å². The Morgan fingerprint density at radius 3 is 2.54 bits per heavy atom. The first-order valence-electron chi connectivity index (χ1n) is 8.61. The lowest BCUT2D eigenvalue weighted by Gasteiger charge is -2.14. The molecule has 1 amide bonds. The van der Waals surface area contributed by atoms with Gasteiger partial charge in [0, 0.05) is 18.5 Å². The Labute approximate surface area is 166 Å². The monoisotopic (exact) mass is 403 g/mol. The van der Waals surface area contributed by atoms with Crippen LogP contribution in [0.15, 0.2) is 34.2 Å². The topological polar surface area (TPSA) is 95.7 Å². The van der Waals surface area contributed by atoms with E-state index < -0.39 is 0 Å². The summed E-state index contributed by atoms with van der Waals surface area (Å²) in [6.07, 6.45) is 1.25. The van der Waals surface area contributed by atoms with Gasteiger partial charge in [-0.25, -0.2) is 0 Å². The molecule has 1 aromatic carbocycles. The largest absolute Gasteiger partial charge is 0.493 e. The van der Waals surface area contributed by atoms with Crippen LogP contribution in [0.2, 0.25) is 0 Å². The molecule has 0 saturated carbocycles. The van der Waals surface area contributed by atoms with Crippen molar-refractivity contribution in [2.45, 2.75) is 12.8 Å². The number of nitrogens with one attached hydrogen (secondary N) is 1. The second-order valence-corrected chi connectivity index (χ2v) is 6.71. The summed E-state index contributed by atoms with van der Waals surface area (Å²) in [4.78, 5) is 17.8. The van der Waals surface area contributed by atoms with Crippen molar-refractivity contribution in [1.82, 2.24) is 15.5 Å². The number of hydrogen-bond donors (Lipinski definition) is 1. The number of methoxy groups -OCH3 is 3. The van der Waals surface area contributed by atoms with Crippen molar-refractivity contribution in [3.8, 4) is 28.0 Å². The van der Waals surface area contributed by atoms with Crippen molar-refractivity contribution in [3.63, 3.8) is 0 Å². The van der Waals surface area contributed by atoms with E-state index in [1.165, 1.54) is 21.3 Å². The SMILES string of the molecule is COc1cc(C(=O)NCCCc2nc(-c3cccs3)no2)cc(OC)c1OC. The van der Waals surface area contributed by atoms with Crippen molar-refractivity contribution in [2.75, 3.05) is 27.9 Å². The lowest BCUT2D eigenvalue weighted by atomic mass is 10.1. The molecule has 0 unspecified atom stereocenters. The van der Waals surface area contributed by atoms with Gasteiger partial charge < -0.3 is 24.1 Å². The van der Waals surface area contributed by atoms with E-state index in [0.717, 1.165) is 4.88 Å². The van der Waals surface area contributed by atoms with E-state index in [9.17, 15) is 4.79 Å². The maximum absolute atomic E-state index is 12.4. The second-order valence-electron chi connectivity index (χ2n) is 5.76. The highest BCUT2D eigenvalue weighted by molar-refractivity contribution is 7.13. The lowest BCUT2D eigenvalue weighted by molar-refractivity contribution is 0.0952. The summed E-state index contributed by atoms with van der Waals surface area (Å²) in [6, 6.07) is 7.11. The molecule has 0 radical (unpaired) electrons. The van der Waals surface area contributed by atoms with Crippen LogP contribution in [0.5, 0.6) is 17.2 Å². The number of aromatic nitrogens is 2. The standard InChI is InChI=1S/C19H21N3O5S/c1-24-13-10-12(11-14(25-2)17(13)26-3)19(23)20-8-4-7-16-21-18(22-27-16)15-6-5-9-28-15/h5-6,9-11H,4,7-8H2,1-3H3,(H,20,23). The molecule has 0 aliphatic heterocycles. The van der Waals surface area contributed by atoms with Crippen LogP contribution >= 0.6 is 11.3 Å².